The van der Waals surface area contributed by atoms with Crippen molar-refractivity contribution in [1.29, 1.82) is 0 Å². The molecule has 0 radical (unpaired) electrons. The molecule has 1 amide bonds. The lowest BCUT2D eigenvalue weighted by Crippen LogP contribution is -2.15. The van der Waals surface area contributed by atoms with E-state index < -0.39 is 10.0 Å². The number of ether oxygens (including phenoxy) is 2. The highest BCUT2D eigenvalue weighted by atomic mass is 32.2. The Morgan fingerprint density at radius 2 is 1.64 bits per heavy atom. The molecule has 0 aromatic heterocycles. The van der Waals surface area contributed by atoms with Crippen LogP contribution in [0.2, 0.25) is 0 Å². The Kier molecular flexibility index (Phi) is 8.24. The summed E-state index contributed by atoms with van der Waals surface area (Å²) in [5.41, 5.74) is 2.02. The smallest absolute Gasteiger partial charge is 0.262 e. The molecular weight excluding hydrogens is 460 g/mol. The Morgan fingerprint density at radius 1 is 0.939 bits per heavy atom. The van der Waals surface area contributed by atoms with Crippen LogP contribution in [0, 0.1) is 6.92 Å². The molecule has 0 spiro atoms. The second kappa shape index (κ2) is 11.1. The number of hydrogen-bond acceptors (Lipinski definition) is 6. The second-order valence-electron chi connectivity index (χ2n) is 7.16. The molecule has 0 unspecified atom stereocenters. The van der Waals surface area contributed by atoms with Gasteiger partial charge in [-0.3, -0.25) is 9.52 Å². The van der Waals surface area contributed by atoms with Gasteiger partial charge in [-0.15, -0.1) is 11.8 Å². The number of rotatable bonds is 10. The van der Waals surface area contributed by atoms with E-state index in [1.54, 1.807) is 42.1 Å². The molecule has 3 aromatic carbocycles. The van der Waals surface area contributed by atoms with Gasteiger partial charge in [-0.1, -0.05) is 17.7 Å². The topological polar surface area (TPSA) is 93.7 Å². The van der Waals surface area contributed by atoms with Crippen molar-refractivity contribution in [3.05, 3.63) is 72.3 Å². The van der Waals surface area contributed by atoms with Gasteiger partial charge in [0.05, 0.1) is 24.8 Å². The van der Waals surface area contributed by atoms with E-state index in [2.05, 4.69) is 10.0 Å². The minimum absolute atomic E-state index is 0.0632. The average molecular weight is 487 g/mol. The van der Waals surface area contributed by atoms with Gasteiger partial charge in [0.25, 0.3) is 10.0 Å². The fourth-order valence-electron chi connectivity index (χ4n) is 2.92. The van der Waals surface area contributed by atoms with Crippen LogP contribution in [-0.2, 0) is 14.8 Å². The van der Waals surface area contributed by atoms with Crippen molar-refractivity contribution in [3.8, 4) is 11.5 Å². The standard InChI is InChI=1S/C24H26N2O5S2/c1-17-4-9-20(10-5-17)32-15-14-24(27)25-18-6-11-21(12-7-18)33(28,29)26-22-13-8-19(30-2)16-23(22)31-3/h4-13,16,26H,14-15H2,1-3H3,(H,25,27). The Hall–Kier alpha value is -3.17. The lowest BCUT2D eigenvalue weighted by molar-refractivity contribution is -0.115. The van der Waals surface area contributed by atoms with E-state index in [0.29, 0.717) is 35.0 Å². The highest BCUT2D eigenvalue weighted by molar-refractivity contribution is 7.99. The Balaban J connectivity index is 1.57. The molecule has 0 heterocycles. The SMILES string of the molecule is COc1ccc(NS(=O)(=O)c2ccc(NC(=O)CCSc3ccc(C)cc3)cc2)c(OC)c1. The van der Waals surface area contributed by atoms with Crippen LogP contribution in [0.1, 0.15) is 12.0 Å². The predicted molar refractivity (Wildman–Crippen MR) is 132 cm³/mol. The minimum atomic E-state index is -3.85. The molecule has 0 saturated heterocycles. The fourth-order valence-corrected chi connectivity index (χ4v) is 4.85. The lowest BCUT2D eigenvalue weighted by Gasteiger charge is -2.13. The minimum Gasteiger partial charge on any atom is -0.497 e. The first-order valence-corrected chi connectivity index (χ1v) is 12.6. The number of sulfonamides is 1. The molecule has 0 fully saturated rings. The first-order valence-electron chi connectivity index (χ1n) is 10.1. The molecule has 3 aromatic rings. The molecule has 7 nitrogen and oxygen atoms in total. The van der Waals surface area contributed by atoms with E-state index in [1.807, 2.05) is 31.2 Å². The van der Waals surface area contributed by atoms with Crippen LogP contribution in [0.4, 0.5) is 11.4 Å². The summed E-state index contributed by atoms with van der Waals surface area (Å²) >= 11 is 1.61. The molecule has 0 atom stereocenters. The van der Waals surface area contributed by atoms with Crippen molar-refractivity contribution in [2.45, 2.75) is 23.1 Å². The van der Waals surface area contributed by atoms with Crippen molar-refractivity contribution in [1.82, 2.24) is 0 Å². The van der Waals surface area contributed by atoms with Crippen LogP contribution in [0.25, 0.3) is 0 Å². The van der Waals surface area contributed by atoms with Gasteiger partial charge in [0.1, 0.15) is 11.5 Å². The summed E-state index contributed by atoms with van der Waals surface area (Å²) < 4.78 is 38.4. The molecular formula is C24H26N2O5S2. The van der Waals surface area contributed by atoms with Gasteiger partial charge in [-0.25, -0.2) is 8.42 Å². The molecule has 9 heteroatoms. The highest BCUT2D eigenvalue weighted by Crippen LogP contribution is 2.31. The van der Waals surface area contributed by atoms with Crippen molar-refractivity contribution in [3.63, 3.8) is 0 Å². The molecule has 3 rings (SSSR count). The monoisotopic (exact) mass is 486 g/mol. The van der Waals surface area contributed by atoms with Crippen molar-refractivity contribution in [2.75, 3.05) is 30.0 Å². The number of hydrogen-bond donors (Lipinski definition) is 2. The lowest BCUT2D eigenvalue weighted by atomic mass is 10.2. The van der Waals surface area contributed by atoms with Gasteiger partial charge in [-0.2, -0.15) is 0 Å². The zero-order valence-electron chi connectivity index (χ0n) is 18.6. The average Bonchev–Trinajstić information content (AvgIpc) is 2.81. The second-order valence-corrected chi connectivity index (χ2v) is 10.0. The van der Waals surface area contributed by atoms with Crippen molar-refractivity contribution >= 4 is 39.1 Å². The third-order valence-corrected chi connectivity index (χ3v) is 7.12. The van der Waals surface area contributed by atoms with E-state index in [9.17, 15) is 13.2 Å². The number of aryl methyl sites for hydroxylation is 1. The van der Waals surface area contributed by atoms with E-state index in [1.165, 1.54) is 31.9 Å². The zero-order valence-corrected chi connectivity index (χ0v) is 20.3. The van der Waals surface area contributed by atoms with Gasteiger partial charge >= 0.3 is 0 Å². The van der Waals surface area contributed by atoms with Crippen molar-refractivity contribution < 1.29 is 22.7 Å². The molecule has 174 valence electrons. The van der Waals surface area contributed by atoms with Crippen LogP contribution in [-0.4, -0.2) is 34.3 Å². The largest absolute Gasteiger partial charge is 0.497 e. The molecule has 0 aliphatic heterocycles. The third-order valence-electron chi connectivity index (χ3n) is 4.72. The summed E-state index contributed by atoms with van der Waals surface area (Å²) in [4.78, 5) is 13.4. The Labute approximate surface area is 198 Å². The molecule has 33 heavy (non-hydrogen) atoms. The van der Waals surface area contributed by atoms with E-state index in [0.717, 1.165) is 4.90 Å². The first kappa shape index (κ1) is 24.5. The van der Waals surface area contributed by atoms with Crippen LogP contribution in [0.15, 0.2) is 76.5 Å². The summed E-state index contributed by atoms with van der Waals surface area (Å²) in [6.45, 7) is 2.03. The number of benzene rings is 3. The van der Waals surface area contributed by atoms with Gasteiger partial charge in [0.2, 0.25) is 5.91 Å². The first-order chi connectivity index (χ1) is 15.8. The maximum atomic E-state index is 12.8. The predicted octanol–water partition coefficient (Wildman–Crippen LogP) is 4.93. The number of methoxy groups -OCH3 is 2. The Morgan fingerprint density at radius 3 is 2.27 bits per heavy atom. The maximum absolute atomic E-state index is 12.8. The van der Waals surface area contributed by atoms with Gasteiger partial charge < -0.3 is 14.8 Å². The number of thioether (sulfide) groups is 1. The van der Waals surface area contributed by atoms with Crippen LogP contribution >= 0.6 is 11.8 Å². The quantitative estimate of drug-likeness (QED) is 0.395. The molecule has 0 aliphatic rings. The number of amides is 1. The summed E-state index contributed by atoms with van der Waals surface area (Å²) in [6.07, 6.45) is 0.345. The van der Waals surface area contributed by atoms with Crippen LogP contribution in [0.3, 0.4) is 0 Å². The maximum Gasteiger partial charge on any atom is 0.262 e. The van der Waals surface area contributed by atoms with E-state index in [-0.39, 0.29) is 10.8 Å². The number of anilines is 2. The third kappa shape index (κ3) is 6.90. The van der Waals surface area contributed by atoms with Gasteiger partial charge in [0.15, 0.2) is 0 Å². The molecule has 0 aliphatic carbocycles. The normalized spacial score (nSPS) is 11.0. The number of carbonyl (C=O) groups excluding carboxylic acids is 1. The summed E-state index contributed by atoms with van der Waals surface area (Å²) in [5, 5.41) is 2.80. The van der Waals surface area contributed by atoms with Crippen LogP contribution in [0.5, 0.6) is 11.5 Å². The van der Waals surface area contributed by atoms with Crippen molar-refractivity contribution in [2.24, 2.45) is 0 Å². The number of nitrogens with one attached hydrogen (secondary N) is 2. The van der Waals surface area contributed by atoms with E-state index in [4.69, 9.17) is 9.47 Å². The van der Waals surface area contributed by atoms with Crippen LogP contribution < -0.4 is 19.5 Å². The van der Waals surface area contributed by atoms with E-state index >= 15 is 0 Å². The van der Waals surface area contributed by atoms with Gasteiger partial charge in [-0.05, 0) is 55.5 Å². The molecule has 2 N–H and O–H groups in total. The zero-order chi connectivity index (χ0) is 23.8. The summed E-state index contributed by atoms with van der Waals surface area (Å²) in [7, 11) is -0.882. The number of carbonyl (C=O) groups is 1. The highest BCUT2D eigenvalue weighted by Gasteiger charge is 2.17. The Bertz CT molecular complexity index is 1190. The summed E-state index contributed by atoms with van der Waals surface area (Å²) in [5.74, 6) is 1.40. The molecule has 0 bridgehead atoms. The fraction of sp³-hybridized carbons (Fsp3) is 0.208. The van der Waals surface area contributed by atoms with Gasteiger partial charge in [0, 0.05) is 28.8 Å². The molecule has 0 saturated carbocycles. The summed E-state index contributed by atoms with van der Waals surface area (Å²) in [6, 6.07) is 18.9.